The van der Waals surface area contributed by atoms with Gasteiger partial charge in [-0.25, -0.2) is 0 Å². The van der Waals surface area contributed by atoms with Crippen LogP contribution in [0.3, 0.4) is 0 Å². The Bertz CT molecular complexity index is 379. The van der Waals surface area contributed by atoms with Gasteiger partial charge in [0.15, 0.2) is 5.69 Å². The second-order valence-corrected chi connectivity index (χ2v) is 4.32. The van der Waals surface area contributed by atoms with Crippen LogP contribution < -0.4 is 5.32 Å². The van der Waals surface area contributed by atoms with Crippen LogP contribution in [0.25, 0.3) is 0 Å². The van der Waals surface area contributed by atoms with Gasteiger partial charge in [-0.3, -0.25) is 9.48 Å². The van der Waals surface area contributed by atoms with Gasteiger partial charge in [0.25, 0.3) is 5.91 Å². The van der Waals surface area contributed by atoms with Crippen LogP contribution in [0.2, 0.25) is 0 Å². The van der Waals surface area contributed by atoms with Crippen LogP contribution in [-0.4, -0.2) is 46.8 Å². The van der Waals surface area contributed by atoms with Gasteiger partial charge in [0.05, 0.1) is 0 Å². The average molecular weight is 222 g/mol. The summed E-state index contributed by atoms with van der Waals surface area (Å²) in [6.45, 7) is 3.55. The Hall–Kier alpha value is -1.36. The van der Waals surface area contributed by atoms with Crippen molar-refractivity contribution in [2.45, 2.75) is 19.4 Å². The van der Waals surface area contributed by atoms with E-state index in [0.717, 1.165) is 25.2 Å². The highest BCUT2D eigenvalue weighted by atomic mass is 16.2. The van der Waals surface area contributed by atoms with Crippen molar-refractivity contribution in [3.8, 4) is 0 Å². The lowest BCUT2D eigenvalue weighted by Crippen LogP contribution is -2.33. The van der Waals surface area contributed by atoms with E-state index in [2.05, 4.69) is 10.4 Å². The van der Waals surface area contributed by atoms with Crippen molar-refractivity contribution in [3.05, 3.63) is 17.5 Å². The maximum Gasteiger partial charge on any atom is 0.274 e. The fourth-order valence-electron chi connectivity index (χ4n) is 2.01. The standard InChI is InChI=1S/C11H18N4O/c1-8-6-10(13-14(8)3)11(16)15-5-4-9(7-15)12-2/h6,9,12H,4-5,7H2,1-3H3. The average Bonchev–Trinajstić information content (AvgIpc) is 2.86. The number of likely N-dealkylation sites (tertiary alicyclic amines) is 1. The molecule has 1 unspecified atom stereocenters. The van der Waals surface area contributed by atoms with Crippen molar-refractivity contribution in [1.82, 2.24) is 20.0 Å². The van der Waals surface area contributed by atoms with Gasteiger partial charge >= 0.3 is 0 Å². The largest absolute Gasteiger partial charge is 0.336 e. The first kappa shape index (κ1) is 11.1. The zero-order valence-corrected chi connectivity index (χ0v) is 10.0. The van der Waals surface area contributed by atoms with E-state index in [1.165, 1.54) is 0 Å². The predicted octanol–water partition coefficient (Wildman–Crippen LogP) is 0.162. The molecule has 1 N–H and O–H groups in total. The van der Waals surface area contributed by atoms with E-state index in [9.17, 15) is 4.79 Å². The number of nitrogens with zero attached hydrogens (tertiary/aromatic N) is 3. The molecule has 5 heteroatoms. The van der Waals surface area contributed by atoms with Crippen LogP contribution in [0.4, 0.5) is 0 Å². The van der Waals surface area contributed by atoms with E-state index >= 15 is 0 Å². The number of carbonyl (C=O) groups is 1. The van der Waals surface area contributed by atoms with Crippen molar-refractivity contribution < 1.29 is 4.79 Å². The van der Waals surface area contributed by atoms with Gasteiger partial charge < -0.3 is 10.2 Å². The van der Waals surface area contributed by atoms with Crippen molar-refractivity contribution in [3.63, 3.8) is 0 Å². The molecule has 1 aliphatic heterocycles. The van der Waals surface area contributed by atoms with E-state index in [0.29, 0.717) is 11.7 Å². The van der Waals surface area contributed by atoms with Crippen LogP contribution in [0.15, 0.2) is 6.07 Å². The van der Waals surface area contributed by atoms with Crippen molar-refractivity contribution in [2.24, 2.45) is 7.05 Å². The van der Waals surface area contributed by atoms with Crippen molar-refractivity contribution >= 4 is 5.91 Å². The molecule has 1 aromatic heterocycles. The lowest BCUT2D eigenvalue weighted by atomic mass is 10.3. The number of nitrogens with one attached hydrogen (secondary N) is 1. The van der Waals surface area contributed by atoms with E-state index < -0.39 is 0 Å². The SMILES string of the molecule is CNC1CCN(C(=O)c2cc(C)n(C)n2)C1. The summed E-state index contributed by atoms with van der Waals surface area (Å²) in [5.41, 5.74) is 1.56. The summed E-state index contributed by atoms with van der Waals surface area (Å²) >= 11 is 0. The molecular formula is C11H18N4O. The van der Waals surface area contributed by atoms with Gasteiger partial charge in [-0.1, -0.05) is 0 Å². The van der Waals surface area contributed by atoms with Gasteiger partial charge in [-0.05, 0) is 26.5 Å². The first-order chi connectivity index (χ1) is 7.61. The van der Waals surface area contributed by atoms with Gasteiger partial charge in [-0.15, -0.1) is 0 Å². The molecular weight excluding hydrogens is 204 g/mol. The molecule has 88 valence electrons. The molecule has 0 radical (unpaired) electrons. The summed E-state index contributed by atoms with van der Waals surface area (Å²) in [6.07, 6.45) is 1.02. The summed E-state index contributed by atoms with van der Waals surface area (Å²) in [4.78, 5) is 14.0. The molecule has 16 heavy (non-hydrogen) atoms. The molecule has 1 saturated heterocycles. The minimum Gasteiger partial charge on any atom is -0.336 e. The van der Waals surface area contributed by atoms with Crippen LogP contribution in [0.1, 0.15) is 22.6 Å². The minimum absolute atomic E-state index is 0.0430. The summed E-state index contributed by atoms with van der Waals surface area (Å²) < 4.78 is 1.73. The Labute approximate surface area is 95.4 Å². The molecule has 5 nitrogen and oxygen atoms in total. The fourth-order valence-corrected chi connectivity index (χ4v) is 2.01. The monoisotopic (exact) mass is 222 g/mol. The van der Waals surface area contributed by atoms with E-state index in [1.54, 1.807) is 4.68 Å². The van der Waals surface area contributed by atoms with E-state index in [-0.39, 0.29) is 5.91 Å². The van der Waals surface area contributed by atoms with Crippen LogP contribution in [0.5, 0.6) is 0 Å². The number of aromatic nitrogens is 2. The molecule has 1 aromatic rings. The third-order valence-electron chi connectivity index (χ3n) is 3.22. The number of amides is 1. The lowest BCUT2D eigenvalue weighted by molar-refractivity contribution is 0.0783. The summed E-state index contributed by atoms with van der Waals surface area (Å²) in [7, 11) is 3.79. The minimum atomic E-state index is 0.0430. The maximum absolute atomic E-state index is 12.1. The fraction of sp³-hybridized carbons (Fsp3) is 0.636. The van der Waals surface area contributed by atoms with Gasteiger partial charge in [0.2, 0.25) is 0 Å². The zero-order valence-electron chi connectivity index (χ0n) is 10.0. The van der Waals surface area contributed by atoms with Crippen molar-refractivity contribution in [2.75, 3.05) is 20.1 Å². The normalized spacial score (nSPS) is 20.4. The smallest absolute Gasteiger partial charge is 0.274 e. The van der Waals surface area contributed by atoms with Crippen molar-refractivity contribution in [1.29, 1.82) is 0 Å². The lowest BCUT2D eigenvalue weighted by Gasteiger charge is -2.14. The number of hydrogen-bond donors (Lipinski definition) is 1. The van der Waals surface area contributed by atoms with E-state index in [4.69, 9.17) is 0 Å². The first-order valence-corrected chi connectivity index (χ1v) is 5.59. The Kier molecular flexibility index (Phi) is 2.96. The molecule has 2 rings (SSSR count). The molecule has 1 amide bonds. The summed E-state index contributed by atoms with van der Waals surface area (Å²) in [5.74, 6) is 0.0430. The Morgan fingerprint density at radius 1 is 1.62 bits per heavy atom. The highest BCUT2D eigenvalue weighted by molar-refractivity contribution is 5.92. The second-order valence-electron chi connectivity index (χ2n) is 4.32. The highest BCUT2D eigenvalue weighted by Crippen LogP contribution is 2.13. The Morgan fingerprint density at radius 2 is 2.38 bits per heavy atom. The number of aryl methyl sites for hydroxylation is 2. The molecule has 1 aliphatic rings. The summed E-state index contributed by atoms with van der Waals surface area (Å²) in [6, 6.07) is 2.27. The quantitative estimate of drug-likeness (QED) is 0.775. The van der Waals surface area contributed by atoms with Gasteiger partial charge in [-0.2, -0.15) is 5.10 Å². The molecule has 0 aromatic carbocycles. The Morgan fingerprint density at radius 3 is 2.88 bits per heavy atom. The number of carbonyl (C=O) groups excluding carboxylic acids is 1. The number of likely N-dealkylation sites (N-methyl/N-ethyl adjacent to an activating group) is 1. The topological polar surface area (TPSA) is 50.2 Å². The third-order valence-corrected chi connectivity index (χ3v) is 3.22. The second kappa shape index (κ2) is 4.25. The predicted molar refractivity (Wildman–Crippen MR) is 61.3 cm³/mol. The van der Waals surface area contributed by atoms with Crippen LogP contribution in [0, 0.1) is 6.92 Å². The summed E-state index contributed by atoms with van der Waals surface area (Å²) in [5, 5.41) is 7.41. The molecule has 0 aliphatic carbocycles. The maximum atomic E-state index is 12.1. The van der Waals surface area contributed by atoms with E-state index in [1.807, 2.05) is 32.0 Å². The molecule has 0 saturated carbocycles. The molecule has 2 heterocycles. The molecule has 1 atom stereocenters. The number of rotatable bonds is 2. The van der Waals surface area contributed by atoms with Crippen LogP contribution >= 0.6 is 0 Å². The molecule has 1 fully saturated rings. The number of hydrogen-bond acceptors (Lipinski definition) is 3. The third kappa shape index (κ3) is 1.95. The van der Waals surface area contributed by atoms with Gasteiger partial charge in [0.1, 0.15) is 0 Å². The molecule has 0 bridgehead atoms. The van der Waals surface area contributed by atoms with Crippen LogP contribution in [-0.2, 0) is 7.05 Å². The van der Waals surface area contributed by atoms with Gasteiger partial charge in [0, 0.05) is 31.9 Å². The molecule has 0 spiro atoms. The first-order valence-electron chi connectivity index (χ1n) is 5.59. The Balaban J connectivity index is 2.08. The zero-order chi connectivity index (χ0) is 11.7. The highest BCUT2D eigenvalue weighted by Gasteiger charge is 2.27.